The minimum Gasteiger partial charge on any atom is -0.497 e. The quantitative estimate of drug-likeness (QED) is 0.428. The van der Waals surface area contributed by atoms with Crippen molar-refractivity contribution in [2.24, 2.45) is 0 Å². The lowest BCUT2D eigenvalue weighted by atomic mass is 9.76. The first-order valence-electron chi connectivity index (χ1n) is 6.02. The summed E-state index contributed by atoms with van der Waals surface area (Å²) in [4.78, 5) is 0. The summed E-state index contributed by atoms with van der Waals surface area (Å²) in [5.41, 5.74) is 0.441. The maximum absolute atomic E-state index is 5.98. The van der Waals surface area contributed by atoms with Crippen LogP contribution in [0.3, 0.4) is 0 Å². The zero-order valence-corrected chi connectivity index (χ0v) is 11.8. The van der Waals surface area contributed by atoms with Crippen molar-refractivity contribution >= 4 is 7.12 Å². The van der Waals surface area contributed by atoms with Gasteiger partial charge in [0.2, 0.25) is 0 Å². The molecule has 0 atom stereocenters. The summed E-state index contributed by atoms with van der Waals surface area (Å²) in [6.07, 6.45) is 2.74. The Balaban J connectivity index is 2.88. The van der Waals surface area contributed by atoms with Gasteiger partial charge in [0.25, 0.3) is 0 Å². The molecule has 0 aromatic carbocycles. The van der Waals surface area contributed by atoms with E-state index in [1.165, 1.54) is 0 Å². The highest BCUT2D eigenvalue weighted by molar-refractivity contribution is 6.54. The van der Waals surface area contributed by atoms with E-state index in [1.54, 1.807) is 7.11 Å². The van der Waals surface area contributed by atoms with Crippen LogP contribution in [0.5, 0.6) is 0 Å². The molecule has 0 aromatic heterocycles. The van der Waals surface area contributed by atoms with E-state index >= 15 is 0 Å². The van der Waals surface area contributed by atoms with Gasteiger partial charge >= 0.3 is 7.12 Å². The molecule has 0 saturated carbocycles. The number of hydrogen-bond donors (Lipinski definition) is 0. The van der Waals surface area contributed by atoms with Gasteiger partial charge in [0, 0.05) is 0 Å². The number of ether oxygens (including phenoxy) is 1. The number of rotatable bonds is 4. The number of hydrogen-bond acceptors (Lipinski definition) is 3. The largest absolute Gasteiger partial charge is 0.497 e. The lowest BCUT2D eigenvalue weighted by molar-refractivity contribution is 0.00578. The van der Waals surface area contributed by atoms with Gasteiger partial charge < -0.3 is 14.0 Å². The normalized spacial score (nSPS) is 22.7. The molecule has 1 aliphatic heterocycles. The van der Waals surface area contributed by atoms with Gasteiger partial charge in [0.15, 0.2) is 0 Å². The van der Waals surface area contributed by atoms with E-state index in [2.05, 4.69) is 13.5 Å². The van der Waals surface area contributed by atoms with Crippen molar-refractivity contribution in [3.05, 3.63) is 23.9 Å². The summed E-state index contributed by atoms with van der Waals surface area (Å²) in [5, 5.41) is 0. The molecule has 3 nitrogen and oxygen atoms in total. The summed E-state index contributed by atoms with van der Waals surface area (Å²) < 4.78 is 17.0. The molecule has 1 heterocycles. The van der Waals surface area contributed by atoms with Crippen molar-refractivity contribution in [2.45, 2.75) is 52.2 Å². The van der Waals surface area contributed by atoms with Gasteiger partial charge in [0.1, 0.15) is 5.76 Å². The minimum absolute atomic E-state index is 0.305. The molecule has 0 amide bonds. The van der Waals surface area contributed by atoms with Crippen LogP contribution in [-0.2, 0) is 14.0 Å². The fourth-order valence-electron chi connectivity index (χ4n) is 1.60. The second kappa shape index (κ2) is 4.87. The molecule has 1 aliphatic rings. The molecule has 4 heteroatoms. The van der Waals surface area contributed by atoms with Gasteiger partial charge in [-0.25, -0.2) is 0 Å². The number of allylic oxidation sites excluding steroid dienone is 2. The molecule has 1 saturated heterocycles. The SMILES string of the molecule is C=C(/C=C(\CC)B1OC(C)(C)C(C)(C)O1)OC. The van der Waals surface area contributed by atoms with Gasteiger partial charge in [-0.05, 0) is 45.7 Å². The van der Waals surface area contributed by atoms with Crippen molar-refractivity contribution in [2.75, 3.05) is 7.11 Å². The van der Waals surface area contributed by atoms with Gasteiger partial charge in [-0.2, -0.15) is 0 Å². The van der Waals surface area contributed by atoms with Crippen LogP contribution >= 0.6 is 0 Å². The van der Waals surface area contributed by atoms with E-state index < -0.39 is 0 Å². The predicted molar refractivity (Wildman–Crippen MR) is 70.6 cm³/mol. The third kappa shape index (κ3) is 2.93. The van der Waals surface area contributed by atoms with E-state index in [0.29, 0.717) is 5.76 Å². The molecule has 0 aliphatic carbocycles. The van der Waals surface area contributed by atoms with Crippen LogP contribution in [0.15, 0.2) is 23.9 Å². The molecule has 17 heavy (non-hydrogen) atoms. The smallest absolute Gasteiger partial charge is 0.490 e. The first kappa shape index (κ1) is 14.3. The molecule has 1 rings (SSSR count). The van der Waals surface area contributed by atoms with Crippen molar-refractivity contribution in [3.63, 3.8) is 0 Å². The highest BCUT2D eigenvalue weighted by Crippen LogP contribution is 2.39. The van der Waals surface area contributed by atoms with Gasteiger partial charge in [-0.15, -0.1) is 0 Å². The molecular formula is C13H23BO3. The Kier molecular flexibility index (Phi) is 4.10. The van der Waals surface area contributed by atoms with E-state index in [1.807, 2.05) is 33.8 Å². The Hall–Kier alpha value is -0.735. The lowest BCUT2D eigenvalue weighted by Gasteiger charge is -2.32. The Morgan fingerprint density at radius 2 is 1.71 bits per heavy atom. The Morgan fingerprint density at radius 1 is 1.24 bits per heavy atom. The third-order valence-electron chi connectivity index (χ3n) is 3.57. The van der Waals surface area contributed by atoms with Crippen molar-refractivity contribution < 1.29 is 14.0 Å². The van der Waals surface area contributed by atoms with Crippen molar-refractivity contribution in [1.29, 1.82) is 0 Å². The Labute approximate surface area is 105 Å². The van der Waals surface area contributed by atoms with E-state index in [4.69, 9.17) is 14.0 Å². The molecule has 0 bridgehead atoms. The van der Waals surface area contributed by atoms with Gasteiger partial charge in [-0.3, -0.25) is 0 Å². The number of methoxy groups -OCH3 is 1. The second-order valence-electron chi connectivity index (χ2n) is 5.33. The van der Waals surface area contributed by atoms with E-state index in [0.717, 1.165) is 11.9 Å². The lowest BCUT2D eigenvalue weighted by Crippen LogP contribution is -2.41. The Morgan fingerprint density at radius 3 is 2.06 bits per heavy atom. The van der Waals surface area contributed by atoms with Crippen LogP contribution < -0.4 is 0 Å². The predicted octanol–water partition coefficient (Wildman–Crippen LogP) is 3.11. The summed E-state index contributed by atoms with van der Waals surface area (Å²) in [6, 6.07) is 0. The summed E-state index contributed by atoms with van der Waals surface area (Å²) >= 11 is 0. The molecule has 0 N–H and O–H groups in total. The zero-order valence-electron chi connectivity index (χ0n) is 11.8. The van der Waals surface area contributed by atoms with Crippen LogP contribution in [0.2, 0.25) is 0 Å². The first-order chi connectivity index (χ1) is 7.73. The van der Waals surface area contributed by atoms with Crippen LogP contribution in [0, 0.1) is 0 Å². The highest BCUT2D eigenvalue weighted by Gasteiger charge is 2.51. The average molecular weight is 238 g/mol. The van der Waals surface area contributed by atoms with Gasteiger partial charge in [0.05, 0.1) is 18.3 Å². The maximum atomic E-state index is 5.98. The zero-order chi connectivity index (χ0) is 13.3. The molecule has 0 unspecified atom stereocenters. The van der Waals surface area contributed by atoms with Crippen LogP contribution in [0.1, 0.15) is 41.0 Å². The maximum Gasteiger partial charge on any atom is 0.490 e. The average Bonchev–Trinajstić information content (AvgIpc) is 2.44. The highest BCUT2D eigenvalue weighted by atomic mass is 16.7. The van der Waals surface area contributed by atoms with Crippen LogP contribution in [-0.4, -0.2) is 25.4 Å². The Bertz CT molecular complexity index is 316. The minimum atomic E-state index is -0.308. The molecule has 0 spiro atoms. The summed E-state index contributed by atoms with van der Waals surface area (Å²) in [7, 11) is 1.30. The molecule has 0 radical (unpaired) electrons. The fourth-order valence-corrected chi connectivity index (χ4v) is 1.60. The monoisotopic (exact) mass is 238 g/mol. The molecule has 1 fully saturated rings. The summed E-state index contributed by atoms with van der Waals surface area (Å²) in [5.74, 6) is 0.622. The topological polar surface area (TPSA) is 27.7 Å². The van der Waals surface area contributed by atoms with Gasteiger partial charge in [-0.1, -0.05) is 13.5 Å². The first-order valence-corrected chi connectivity index (χ1v) is 6.02. The second-order valence-corrected chi connectivity index (χ2v) is 5.33. The van der Waals surface area contributed by atoms with Crippen molar-refractivity contribution in [3.8, 4) is 0 Å². The molecular weight excluding hydrogens is 215 g/mol. The van der Waals surface area contributed by atoms with E-state index in [-0.39, 0.29) is 18.3 Å². The standard InChI is InChI=1S/C13H23BO3/c1-8-11(9-10(2)15-7)14-16-12(3,4)13(5,6)17-14/h9H,2,8H2,1,3-7H3/b11-9+. The fraction of sp³-hybridized carbons (Fsp3) is 0.692. The van der Waals surface area contributed by atoms with E-state index in [9.17, 15) is 0 Å². The van der Waals surface area contributed by atoms with Crippen molar-refractivity contribution in [1.82, 2.24) is 0 Å². The van der Waals surface area contributed by atoms with Crippen LogP contribution in [0.4, 0.5) is 0 Å². The summed E-state index contributed by atoms with van der Waals surface area (Å²) in [6.45, 7) is 14.1. The third-order valence-corrected chi connectivity index (χ3v) is 3.57. The molecule has 96 valence electrons. The molecule has 0 aromatic rings. The van der Waals surface area contributed by atoms with Crippen LogP contribution in [0.25, 0.3) is 0 Å².